The van der Waals surface area contributed by atoms with Gasteiger partial charge in [0.15, 0.2) is 0 Å². The lowest BCUT2D eigenvalue weighted by atomic mass is 9.84. The van der Waals surface area contributed by atoms with Crippen LogP contribution in [-0.4, -0.2) is 6.04 Å². The summed E-state index contributed by atoms with van der Waals surface area (Å²) in [7, 11) is 0. The van der Waals surface area contributed by atoms with E-state index >= 15 is 0 Å². The molecular formula is C18H28N. The molecule has 1 aromatic carbocycles. The van der Waals surface area contributed by atoms with Crippen molar-refractivity contribution < 1.29 is 0 Å². The van der Waals surface area contributed by atoms with Crippen molar-refractivity contribution in [2.75, 3.05) is 5.32 Å². The Balaban J connectivity index is 1.90. The van der Waals surface area contributed by atoms with Gasteiger partial charge in [0, 0.05) is 11.7 Å². The number of hydrogen-bond donors (Lipinski definition) is 1. The van der Waals surface area contributed by atoms with Crippen LogP contribution in [0.15, 0.2) is 24.3 Å². The molecule has 0 aliphatic heterocycles. The van der Waals surface area contributed by atoms with Crippen LogP contribution >= 0.6 is 0 Å². The quantitative estimate of drug-likeness (QED) is 0.787. The molecule has 1 heteroatoms. The highest BCUT2D eigenvalue weighted by molar-refractivity contribution is 5.47. The molecule has 0 saturated heterocycles. The van der Waals surface area contributed by atoms with E-state index in [1.807, 2.05) is 0 Å². The van der Waals surface area contributed by atoms with Gasteiger partial charge in [-0.25, -0.2) is 0 Å². The zero-order chi connectivity index (χ0) is 13.9. The van der Waals surface area contributed by atoms with Gasteiger partial charge in [-0.3, -0.25) is 0 Å². The van der Waals surface area contributed by atoms with E-state index in [0.29, 0.717) is 6.04 Å². The Morgan fingerprint density at radius 3 is 2.26 bits per heavy atom. The van der Waals surface area contributed by atoms with Gasteiger partial charge < -0.3 is 5.32 Å². The van der Waals surface area contributed by atoms with Crippen LogP contribution in [0.5, 0.6) is 0 Å². The lowest BCUT2D eigenvalue weighted by Crippen LogP contribution is -2.26. The fourth-order valence-electron chi connectivity index (χ4n) is 2.79. The molecule has 0 spiro atoms. The molecule has 1 nitrogen and oxygen atoms in total. The van der Waals surface area contributed by atoms with Crippen LogP contribution in [0.3, 0.4) is 0 Å². The van der Waals surface area contributed by atoms with E-state index in [9.17, 15) is 0 Å². The molecule has 1 saturated carbocycles. The highest BCUT2D eigenvalue weighted by Gasteiger charge is 2.20. The highest BCUT2D eigenvalue weighted by Crippen LogP contribution is 2.28. The number of benzene rings is 1. The van der Waals surface area contributed by atoms with E-state index in [4.69, 9.17) is 0 Å². The summed E-state index contributed by atoms with van der Waals surface area (Å²) in [6, 6.07) is 9.50. The summed E-state index contributed by atoms with van der Waals surface area (Å²) in [4.78, 5) is 0. The fraction of sp³-hybridized carbons (Fsp3) is 0.611. The zero-order valence-electron chi connectivity index (χ0n) is 12.9. The molecule has 1 fully saturated rings. The van der Waals surface area contributed by atoms with Gasteiger partial charge in [0.1, 0.15) is 0 Å². The number of rotatable bonds is 3. The zero-order valence-corrected chi connectivity index (χ0v) is 12.9. The van der Waals surface area contributed by atoms with Crippen molar-refractivity contribution in [1.29, 1.82) is 0 Å². The van der Waals surface area contributed by atoms with E-state index in [0.717, 1.165) is 5.92 Å². The van der Waals surface area contributed by atoms with Gasteiger partial charge in [-0.1, -0.05) is 46.2 Å². The van der Waals surface area contributed by atoms with Gasteiger partial charge in [0.25, 0.3) is 0 Å². The summed E-state index contributed by atoms with van der Waals surface area (Å²) in [5.74, 6) is 0.918. The van der Waals surface area contributed by atoms with E-state index < -0.39 is 0 Å². The van der Waals surface area contributed by atoms with Gasteiger partial charge in [-0.05, 0) is 54.7 Å². The molecule has 1 aliphatic rings. The van der Waals surface area contributed by atoms with Gasteiger partial charge in [0.2, 0.25) is 0 Å². The maximum Gasteiger partial charge on any atom is 0.0342 e. The van der Waals surface area contributed by atoms with Crippen LogP contribution in [0, 0.1) is 12.3 Å². The van der Waals surface area contributed by atoms with E-state index in [1.165, 1.54) is 36.9 Å². The van der Waals surface area contributed by atoms with Crippen molar-refractivity contribution in [3.05, 3.63) is 36.2 Å². The van der Waals surface area contributed by atoms with Crippen LogP contribution in [0.4, 0.5) is 5.69 Å². The molecule has 0 heterocycles. The van der Waals surface area contributed by atoms with E-state index in [-0.39, 0.29) is 5.41 Å². The Bertz CT molecular complexity index is 377. The topological polar surface area (TPSA) is 12.0 Å². The minimum Gasteiger partial charge on any atom is -0.382 e. The summed E-state index contributed by atoms with van der Waals surface area (Å²) >= 11 is 0. The summed E-state index contributed by atoms with van der Waals surface area (Å²) in [5, 5.41) is 3.65. The standard InChI is InChI=1S/C18H28N/c1-5-14-6-10-16(11-7-14)19-17-12-8-15(9-13-17)18(2,3)4/h8-10,12-14,16,19H,5-7,11H2,1-4H3. The maximum atomic E-state index is 3.65. The Kier molecular flexibility index (Phi) is 4.54. The van der Waals surface area contributed by atoms with Gasteiger partial charge in [0.05, 0.1) is 0 Å². The Hall–Kier alpha value is -0.980. The van der Waals surface area contributed by atoms with Crippen molar-refractivity contribution in [1.82, 2.24) is 0 Å². The molecule has 0 bridgehead atoms. The van der Waals surface area contributed by atoms with Crippen LogP contribution in [0.25, 0.3) is 0 Å². The van der Waals surface area contributed by atoms with Crippen LogP contribution in [0.2, 0.25) is 0 Å². The molecule has 2 unspecified atom stereocenters. The molecule has 19 heavy (non-hydrogen) atoms. The van der Waals surface area contributed by atoms with Crippen molar-refractivity contribution in [2.24, 2.45) is 5.92 Å². The molecule has 2 atom stereocenters. The number of nitrogens with one attached hydrogen (secondary N) is 1. The van der Waals surface area contributed by atoms with Gasteiger partial charge in [-0.2, -0.15) is 0 Å². The molecule has 0 amide bonds. The predicted octanol–water partition coefficient (Wildman–Crippen LogP) is 5.18. The SMILES string of the molecule is CCC1C[CH]C(Nc2ccc(C(C)(C)C)cc2)CC1. The first-order valence-electron chi connectivity index (χ1n) is 7.69. The average molecular weight is 258 g/mol. The lowest BCUT2D eigenvalue weighted by Gasteiger charge is -2.29. The molecule has 0 aromatic heterocycles. The summed E-state index contributed by atoms with van der Waals surface area (Å²) in [5.41, 5.74) is 2.89. The second-order valence-corrected chi connectivity index (χ2v) is 6.90. The van der Waals surface area contributed by atoms with Crippen molar-refractivity contribution in [3.63, 3.8) is 0 Å². The normalized spacial score (nSPS) is 24.2. The van der Waals surface area contributed by atoms with Gasteiger partial charge >= 0.3 is 0 Å². The predicted molar refractivity (Wildman–Crippen MR) is 84.5 cm³/mol. The Morgan fingerprint density at radius 2 is 1.79 bits per heavy atom. The molecule has 1 aromatic rings. The molecule has 1 radical (unpaired) electrons. The van der Waals surface area contributed by atoms with Crippen molar-refractivity contribution in [3.8, 4) is 0 Å². The molecular weight excluding hydrogens is 230 g/mol. The summed E-state index contributed by atoms with van der Waals surface area (Å²) < 4.78 is 0. The maximum absolute atomic E-state index is 3.65. The Labute approximate surface area is 118 Å². The molecule has 2 rings (SSSR count). The van der Waals surface area contributed by atoms with Crippen molar-refractivity contribution in [2.45, 2.75) is 64.8 Å². The smallest absolute Gasteiger partial charge is 0.0342 e. The van der Waals surface area contributed by atoms with Crippen LogP contribution < -0.4 is 5.32 Å². The third kappa shape index (κ3) is 3.99. The van der Waals surface area contributed by atoms with Gasteiger partial charge in [-0.15, -0.1) is 0 Å². The fourth-order valence-corrected chi connectivity index (χ4v) is 2.79. The highest BCUT2D eigenvalue weighted by atomic mass is 14.9. The average Bonchev–Trinajstić information content (AvgIpc) is 2.39. The monoisotopic (exact) mass is 258 g/mol. The molecule has 1 N–H and O–H groups in total. The molecule has 105 valence electrons. The minimum absolute atomic E-state index is 0.240. The Morgan fingerprint density at radius 1 is 1.11 bits per heavy atom. The summed E-state index contributed by atoms with van der Waals surface area (Å²) in [6.07, 6.45) is 7.71. The minimum atomic E-state index is 0.240. The van der Waals surface area contributed by atoms with E-state index in [1.54, 1.807) is 0 Å². The first-order valence-corrected chi connectivity index (χ1v) is 7.69. The lowest BCUT2D eigenvalue weighted by molar-refractivity contribution is 0.387. The summed E-state index contributed by atoms with van der Waals surface area (Å²) in [6.45, 7) is 9.08. The van der Waals surface area contributed by atoms with E-state index in [2.05, 4.69) is 63.7 Å². The molecule has 1 aliphatic carbocycles. The first-order chi connectivity index (χ1) is 8.99. The second kappa shape index (κ2) is 5.98. The largest absolute Gasteiger partial charge is 0.382 e. The first kappa shape index (κ1) is 14.4. The third-order valence-corrected chi connectivity index (χ3v) is 4.32. The third-order valence-electron chi connectivity index (χ3n) is 4.32. The van der Waals surface area contributed by atoms with Crippen molar-refractivity contribution >= 4 is 5.69 Å². The van der Waals surface area contributed by atoms with Crippen LogP contribution in [0.1, 0.15) is 58.9 Å². The van der Waals surface area contributed by atoms with Crippen LogP contribution in [-0.2, 0) is 5.41 Å². The number of hydrogen-bond acceptors (Lipinski definition) is 1. The number of anilines is 1. The second-order valence-electron chi connectivity index (χ2n) is 6.90.